The molecule has 7 nitrogen and oxygen atoms in total. The SMILES string of the molecule is Cc1nc(-c2ccc(F)c(F)c2)sc1C(=O)N1CCC(c2cn(C[C@@H](O)c3cccc(Br)c3)nn2)C12CC2. The van der Waals surface area contributed by atoms with Gasteiger partial charge in [0, 0.05) is 28.7 Å². The molecule has 2 aromatic heterocycles. The van der Waals surface area contributed by atoms with Crippen LogP contribution in [0.3, 0.4) is 0 Å². The number of thiazole rings is 1. The summed E-state index contributed by atoms with van der Waals surface area (Å²) >= 11 is 4.63. The minimum absolute atomic E-state index is 0.0575. The summed E-state index contributed by atoms with van der Waals surface area (Å²) in [5, 5.41) is 19.8. The zero-order chi connectivity index (χ0) is 26.6. The van der Waals surface area contributed by atoms with Crippen LogP contribution in [0.25, 0.3) is 10.6 Å². The van der Waals surface area contributed by atoms with Crippen LogP contribution >= 0.6 is 27.3 Å². The monoisotopic (exact) mass is 599 g/mol. The maximum Gasteiger partial charge on any atom is 0.266 e. The van der Waals surface area contributed by atoms with Crippen molar-refractivity contribution in [2.24, 2.45) is 0 Å². The summed E-state index contributed by atoms with van der Waals surface area (Å²) < 4.78 is 29.7. The molecule has 11 heteroatoms. The number of carbonyl (C=O) groups excluding carboxylic acids is 1. The third kappa shape index (κ3) is 4.46. The number of aromatic nitrogens is 4. The van der Waals surface area contributed by atoms with Gasteiger partial charge in [0.2, 0.25) is 0 Å². The Labute approximate surface area is 230 Å². The van der Waals surface area contributed by atoms with Crippen molar-refractivity contribution >= 4 is 33.2 Å². The van der Waals surface area contributed by atoms with Gasteiger partial charge in [-0.3, -0.25) is 4.79 Å². The van der Waals surface area contributed by atoms with E-state index in [-0.39, 0.29) is 23.9 Å². The predicted octanol–water partition coefficient (Wildman–Crippen LogP) is 5.65. The van der Waals surface area contributed by atoms with Gasteiger partial charge in [-0.15, -0.1) is 16.4 Å². The summed E-state index contributed by atoms with van der Waals surface area (Å²) in [4.78, 5) is 20.6. The number of rotatable bonds is 6. The number of aryl methyl sites for hydroxylation is 1. The average molecular weight is 600 g/mol. The molecule has 2 atom stereocenters. The Morgan fingerprint density at radius 2 is 2.05 bits per heavy atom. The lowest BCUT2D eigenvalue weighted by Gasteiger charge is -2.27. The highest BCUT2D eigenvalue weighted by Gasteiger charge is 2.60. The molecule has 3 heterocycles. The third-order valence-corrected chi connectivity index (χ3v) is 9.19. The fraction of sp³-hybridized carbons (Fsp3) is 0.333. The Hall–Kier alpha value is -3.02. The van der Waals surface area contributed by atoms with Crippen LogP contribution < -0.4 is 0 Å². The first-order valence-electron chi connectivity index (χ1n) is 12.3. The van der Waals surface area contributed by atoms with Gasteiger partial charge in [-0.05, 0) is 62.1 Å². The molecule has 1 spiro atoms. The molecule has 1 saturated heterocycles. The van der Waals surface area contributed by atoms with Gasteiger partial charge in [0.05, 0.1) is 29.6 Å². The highest BCUT2D eigenvalue weighted by atomic mass is 79.9. The lowest BCUT2D eigenvalue weighted by molar-refractivity contribution is 0.0713. The van der Waals surface area contributed by atoms with E-state index in [1.807, 2.05) is 35.4 Å². The van der Waals surface area contributed by atoms with Gasteiger partial charge in [0.15, 0.2) is 11.6 Å². The van der Waals surface area contributed by atoms with E-state index in [0.29, 0.717) is 27.7 Å². The van der Waals surface area contributed by atoms with Crippen LogP contribution in [0.15, 0.2) is 53.1 Å². The molecule has 2 fully saturated rings. The molecule has 196 valence electrons. The van der Waals surface area contributed by atoms with Gasteiger partial charge >= 0.3 is 0 Å². The molecule has 4 aromatic rings. The molecule has 0 radical (unpaired) electrons. The van der Waals surface area contributed by atoms with Crippen molar-refractivity contribution in [2.45, 2.75) is 50.3 Å². The number of amides is 1. The molecule has 0 bridgehead atoms. The fourth-order valence-corrected chi connectivity index (χ4v) is 6.87. The van der Waals surface area contributed by atoms with Crippen molar-refractivity contribution < 1.29 is 18.7 Å². The molecule has 1 unspecified atom stereocenters. The van der Waals surface area contributed by atoms with Gasteiger partial charge in [0.25, 0.3) is 5.91 Å². The number of carbonyl (C=O) groups is 1. The van der Waals surface area contributed by atoms with E-state index in [1.165, 1.54) is 17.4 Å². The van der Waals surface area contributed by atoms with Crippen LogP contribution in [0.5, 0.6) is 0 Å². The fourth-order valence-electron chi connectivity index (χ4n) is 5.44. The van der Waals surface area contributed by atoms with E-state index in [9.17, 15) is 18.7 Å². The van der Waals surface area contributed by atoms with E-state index < -0.39 is 17.7 Å². The Kier molecular flexibility index (Phi) is 6.40. The molecule has 2 aliphatic rings. The first-order chi connectivity index (χ1) is 18.2. The number of nitrogens with zero attached hydrogens (tertiary/aromatic N) is 5. The van der Waals surface area contributed by atoms with Crippen molar-refractivity contribution in [2.75, 3.05) is 6.54 Å². The van der Waals surface area contributed by atoms with E-state index in [2.05, 4.69) is 31.2 Å². The van der Waals surface area contributed by atoms with Crippen LogP contribution in [0.4, 0.5) is 8.78 Å². The predicted molar refractivity (Wildman–Crippen MR) is 142 cm³/mol. The highest BCUT2D eigenvalue weighted by molar-refractivity contribution is 9.10. The molecule has 1 amide bonds. The van der Waals surface area contributed by atoms with Crippen molar-refractivity contribution in [3.63, 3.8) is 0 Å². The minimum Gasteiger partial charge on any atom is -0.386 e. The van der Waals surface area contributed by atoms with Crippen molar-refractivity contribution in [3.05, 3.63) is 86.6 Å². The van der Waals surface area contributed by atoms with Gasteiger partial charge < -0.3 is 10.0 Å². The summed E-state index contributed by atoms with van der Waals surface area (Å²) in [7, 11) is 0. The normalized spacial score (nSPS) is 18.8. The molecular formula is C27H24BrF2N5O2S. The summed E-state index contributed by atoms with van der Waals surface area (Å²) in [6.07, 6.45) is 3.68. The number of benzene rings is 2. The third-order valence-electron chi connectivity index (χ3n) is 7.50. The molecule has 1 saturated carbocycles. The van der Waals surface area contributed by atoms with Crippen molar-refractivity contribution in [3.8, 4) is 10.6 Å². The Morgan fingerprint density at radius 3 is 2.79 bits per heavy atom. The van der Waals surface area contributed by atoms with E-state index in [1.54, 1.807) is 11.6 Å². The second-order valence-electron chi connectivity index (χ2n) is 9.90. The Morgan fingerprint density at radius 1 is 1.24 bits per heavy atom. The molecule has 2 aromatic carbocycles. The quantitative estimate of drug-likeness (QED) is 0.310. The number of likely N-dealkylation sites (tertiary alicyclic amines) is 1. The Balaban J connectivity index is 1.19. The summed E-state index contributed by atoms with van der Waals surface area (Å²) in [6.45, 7) is 2.63. The summed E-state index contributed by atoms with van der Waals surface area (Å²) in [6, 6.07) is 11.2. The topological polar surface area (TPSA) is 84.1 Å². The maximum absolute atomic E-state index is 13.8. The molecule has 6 rings (SSSR count). The number of hydrogen-bond donors (Lipinski definition) is 1. The van der Waals surface area contributed by atoms with E-state index in [0.717, 1.165) is 47.1 Å². The van der Waals surface area contributed by atoms with Crippen LogP contribution in [0, 0.1) is 18.6 Å². The van der Waals surface area contributed by atoms with Crippen molar-refractivity contribution in [1.82, 2.24) is 24.9 Å². The summed E-state index contributed by atoms with van der Waals surface area (Å²) in [5.41, 5.74) is 2.32. The second kappa shape index (κ2) is 9.62. The van der Waals surface area contributed by atoms with Gasteiger partial charge in [0.1, 0.15) is 9.88 Å². The van der Waals surface area contributed by atoms with Crippen LogP contribution in [-0.4, -0.2) is 48.0 Å². The largest absolute Gasteiger partial charge is 0.386 e. The first kappa shape index (κ1) is 25.3. The van der Waals surface area contributed by atoms with Crippen LogP contribution in [0.1, 0.15) is 57.9 Å². The van der Waals surface area contributed by atoms with E-state index in [4.69, 9.17) is 0 Å². The summed E-state index contributed by atoms with van der Waals surface area (Å²) in [5.74, 6) is -1.90. The number of aliphatic hydroxyl groups is 1. The van der Waals surface area contributed by atoms with Gasteiger partial charge in [-0.2, -0.15) is 0 Å². The van der Waals surface area contributed by atoms with Crippen molar-refractivity contribution in [1.29, 1.82) is 0 Å². The molecule has 1 N–H and O–H groups in total. The lowest BCUT2D eigenvalue weighted by Crippen LogP contribution is -2.39. The molecule has 1 aliphatic heterocycles. The Bertz CT molecular complexity index is 1540. The maximum atomic E-state index is 13.8. The van der Waals surface area contributed by atoms with Gasteiger partial charge in [-0.25, -0.2) is 18.4 Å². The average Bonchev–Trinajstić information content (AvgIpc) is 3.19. The number of hydrogen-bond acceptors (Lipinski definition) is 6. The first-order valence-corrected chi connectivity index (χ1v) is 13.9. The lowest BCUT2D eigenvalue weighted by atomic mass is 9.94. The van der Waals surface area contributed by atoms with Crippen LogP contribution in [0.2, 0.25) is 0 Å². The highest BCUT2D eigenvalue weighted by Crippen LogP contribution is 2.57. The van der Waals surface area contributed by atoms with Gasteiger partial charge in [-0.1, -0.05) is 33.3 Å². The second-order valence-corrected chi connectivity index (χ2v) is 11.8. The van der Waals surface area contributed by atoms with E-state index >= 15 is 0 Å². The number of aliphatic hydroxyl groups excluding tert-OH is 1. The zero-order valence-electron chi connectivity index (χ0n) is 20.4. The minimum atomic E-state index is -0.945. The molecule has 1 aliphatic carbocycles. The number of halogens is 3. The standard InChI is InChI=1S/C27H24BrF2N5O2S/c1-15-24(38-25(31-15)17-5-6-20(29)21(30)12-17)26(37)35-10-7-19(27(35)8-9-27)22-13-34(33-32-22)14-23(36)16-3-2-4-18(28)11-16/h2-6,11-13,19,23,36H,7-10,14H2,1H3/t19?,23-/m1/s1. The smallest absolute Gasteiger partial charge is 0.266 e. The molecule has 38 heavy (non-hydrogen) atoms. The van der Waals surface area contributed by atoms with Crippen LogP contribution in [-0.2, 0) is 6.54 Å². The molecular weight excluding hydrogens is 576 g/mol. The zero-order valence-corrected chi connectivity index (χ0v) is 22.8.